The first kappa shape index (κ1) is 8.70. The average molecular weight is 174 g/mol. The third kappa shape index (κ3) is 1.61. The lowest BCUT2D eigenvalue weighted by atomic mass is 10.2. The lowest BCUT2D eigenvalue weighted by molar-refractivity contribution is 0.151. The zero-order chi connectivity index (χ0) is 9.14. The number of nitrogens with two attached hydrogens (primary N) is 1. The first-order valence-electron chi connectivity index (χ1n) is 3.22. The fourth-order valence-corrected chi connectivity index (χ4v) is 0.762. The van der Waals surface area contributed by atoms with Crippen LogP contribution in [0.5, 0.6) is 5.88 Å². The molecule has 66 valence electrons. The highest BCUT2D eigenvalue weighted by molar-refractivity contribution is 5.47. The maximum atomic E-state index is 12.2. The second-order valence-corrected chi connectivity index (χ2v) is 2.16. The number of rotatable bonds is 2. The van der Waals surface area contributed by atoms with E-state index < -0.39 is 6.43 Å². The Morgan fingerprint density at radius 3 is 2.75 bits per heavy atom. The molecule has 2 N–H and O–H groups in total. The molecule has 1 heterocycles. The van der Waals surface area contributed by atoms with E-state index in [-0.39, 0.29) is 17.1 Å². The molecular formula is C7H8F2N2O. The molecule has 0 saturated heterocycles. The Morgan fingerprint density at radius 2 is 2.25 bits per heavy atom. The van der Waals surface area contributed by atoms with E-state index in [4.69, 9.17) is 5.73 Å². The number of aromatic nitrogens is 1. The Labute approximate surface area is 68.2 Å². The molecule has 0 bridgehead atoms. The molecule has 5 heteroatoms. The Hall–Kier alpha value is -1.39. The third-order valence-electron chi connectivity index (χ3n) is 1.39. The van der Waals surface area contributed by atoms with Crippen molar-refractivity contribution < 1.29 is 13.5 Å². The van der Waals surface area contributed by atoms with Crippen LogP contribution in [-0.2, 0) is 0 Å². The van der Waals surface area contributed by atoms with Gasteiger partial charge < -0.3 is 10.5 Å². The number of ether oxygens (including phenoxy) is 1. The van der Waals surface area contributed by atoms with E-state index in [0.717, 1.165) is 12.3 Å². The molecule has 0 unspecified atom stereocenters. The standard InChI is InChI=1S/C7H8F2N2O/c1-12-6-2-4(7(8)9)5(10)3-11-6/h2-3,7H,10H2,1H3. The summed E-state index contributed by atoms with van der Waals surface area (Å²) >= 11 is 0. The first-order valence-corrected chi connectivity index (χ1v) is 3.22. The highest BCUT2D eigenvalue weighted by Crippen LogP contribution is 2.26. The Kier molecular flexibility index (Phi) is 2.42. The molecule has 0 aliphatic rings. The predicted molar refractivity (Wildman–Crippen MR) is 40.2 cm³/mol. The molecule has 0 amide bonds. The molecule has 0 spiro atoms. The van der Waals surface area contributed by atoms with Crippen LogP contribution in [0.4, 0.5) is 14.5 Å². The van der Waals surface area contributed by atoms with Crippen molar-refractivity contribution in [3.8, 4) is 5.88 Å². The van der Waals surface area contributed by atoms with Crippen LogP contribution in [0.2, 0.25) is 0 Å². The van der Waals surface area contributed by atoms with Crippen LogP contribution in [0.15, 0.2) is 12.3 Å². The van der Waals surface area contributed by atoms with Crippen molar-refractivity contribution in [3.05, 3.63) is 17.8 Å². The second-order valence-electron chi connectivity index (χ2n) is 2.16. The molecule has 0 radical (unpaired) electrons. The van der Waals surface area contributed by atoms with E-state index in [2.05, 4.69) is 9.72 Å². The van der Waals surface area contributed by atoms with Gasteiger partial charge in [0.15, 0.2) is 0 Å². The van der Waals surface area contributed by atoms with Gasteiger partial charge in [-0.2, -0.15) is 0 Å². The van der Waals surface area contributed by atoms with Crippen LogP contribution < -0.4 is 10.5 Å². The van der Waals surface area contributed by atoms with E-state index in [1.165, 1.54) is 7.11 Å². The molecule has 0 aliphatic carbocycles. The van der Waals surface area contributed by atoms with Crippen molar-refractivity contribution in [2.45, 2.75) is 6.43 Å². The van der Waals surface area contributed by atoms with E-state index in [1.807, 2.05) is 0 Å². The van der Waals surface area contributed by atoms with Crippen LogP contribution in [0.1, 0.15) is 12.0 Å². The summed E-state index contributed by atoms with van der Waals surface area (Å²) in [5.41, 5.74) is 4.98. The molecule has 0 fully saturated rings. The van der Waals surface area contributed by atoms with Crippen molar-refractivity contribution in [1.29, 1.82) is 0 Å². The summed E-state index contributed by atoms with van der Waals surface area (Å²) in [5.74, 6) is 0.138. The zero-order valence-electron chi connectivity index (χ0n) is 6.42. The second kappa shape index (κ2) is 3.34. The molecule has 0 aromatic carbocycles. The maximum Gasteiger partial charge on any atom is 0.266 e. The summed E-state index contributed by atoms with van der Waals surface area (Å²) in [5, 5.41) is 0. The first-order chi connectivity index (χ1) is 5.65. The van der Waals surface area contributed by atoms with Gasteiger partial charge in [0.05, 0.1) is 19.0 Å². The van der Waals surface area contributed by atoms with Gasteiger partial charge in [-0.25, -0.2) is 13.8 Å². The largest absolute Gasteiger partial charge is 0.481 e. The van der Waals surface area contributed by atoms with Gasteiger partial charge in [0, 0.05) is 11.6 Å². The van der Waals surface area contributed by atoms with Crippen molar-refractivity contribution in [2.24, 2.45) is 0 Å². The van der Waals surface area contributed by atoms with Gasteiger partial charge in [0.2, 0.25) is 5.88 Å². The van der Waals surface area contributed by atoms with Gasteiger partial charge >= 0.3 is 0 Å². The number of nitrogens with zero attached hydrogens (tertiary/aromatic N) is 1. The molecule has 3 nitrogen and oxygen atoms in total. The minimum absolute atomic E-state index is 0.0224. The Bertz CT molecular complexity index is 278. The van der Waals surface area contributed by atoms with Crippen LogP contribution in [0, 0.1) is 0 Å². The molecule has 0 aliphatic heterocycles. The zero-order valence-corrected chi connectivity index (χ0v) is 6.42. The summed E-state index contributed by atoms with van der Waals surface area (Å²) in [6.07, 6.45) is -1.44. The Morgan fingerprint density at radius 1 is 1.58 bits per heavy atom. The molecule has 1 aromatic rings. The fourth-order valence-electron chi connectivity index (χ4n) is 0.762. The van der Waals surface area contributed by atoms with Gasteiger partial charge in [-0.15, -0.1) is 0 Å². The SMILES string of the molecule is COc1cc(C(F)F)c(N)cn1. The number of methoxy groups -OCH3 is 1. The quantitative estimate of drug-likeness (QED) is 0.740. The number of halogens is 2. The third-order valence-corrected chi connectivity index (χ3v) is 1.39. The molecule has 0 saturated carbocycles. The molecule has 1 rings (SSSR count). The predicted octanol–water partition coefficient (Wildman–Crippen LogP) is 1.61. The number of alkyl halides is 2. The monoisotopic (exact) mass is 174 g/mol. The minimum Gasteiger partial charge on any atom is -0.481 e. The van der Waals surface area contributed by atoms with E-state index >= 15 is 0 Å². The van der Waals surface area contributed by atoms with Crippen molar-refractivity contribution in [1.82, 2.24) is 4.98 Å². The highest BCUT2D eigenvalue weighted by atomic mass is 19.3. The summed E-state index contributed by atoms with van der Waals surface area (Å²) in [6.45, 7) is 0. The summed E-state index contributed by atoms with van der Waals surface area (Å²) < 4.78 is 29.0. The molecular weight excluding hydrogens is 166 g/mol. The molecule has 0 atom stereocenters. The number of anilines is 1. The van der Waals surface area contributed by atoms with Gasteiger partial charge in [-0.3, -0.25) is 0 Å². The fraction of sp³-hybridized carbons (Fsp3) is 0.286. The van der Waals surface area contributed by atoms with E-state index in [0.29, 0.717) is 0 Å². The van der Waals surface area contributed by atoms with Crippen molar-refractivity contribution >= 4 is 5.69 Å². The summed E-state index contributed by atoms with van der Waals surface area (Å²) in [4.78, 5) is 3.66. The number of nitrogen functional groups attached to an aromatic ring is 1. The van der Waals surface area contributed by atoms with Gasteiger partial charge in [-0.1, -0.05) is 0 Å². The van der Waals surface area contributed by atoms with Gasteiger partial charge in [0.25, 0.3) is 6.43 Å². The smallest absolute Gasteiger partial charge is 0.266 e. The van der Waals surface area contributed by atoms with Gasteiger partial charge in [-0.05, 0) is 0 Å². The van der Waals surface area contributed by atoms with Crippen LogP contribution >= 0.6 is 0 Å². The Balaban J connectivity index is 3.08. The topological polar surface area (TPSA) is 48.1 Å². The molecule has 12 heavy (non-hydrogen) atoms. The van der Waals surface area contributed by atoms with Crippen molar-refractivity contribution in [2.75, 3.05) is 12.8 Å². The minimum atomic E-state index is -2.60. The number of hydrogen-bond acceptors (Lipinski definition) is 3. The van der Waals surface area contributed by atoms with Crippen molar-refractivity contribution in [3.63, 3.8) is 0 Å². The average Bonchev–Trinajstić information content (AvgIpc) is 2.05. The lowest BCUT2D eigenvalue weighted by Crippen LogP contribution is -1.97. The van der Waals surface area contributed by atoms with Crippen LogP contribution in [0.3, 0.4) is 0 Å². The normalized spacial score (nSPS) is 10.3. The van der Waals surface area contributed by atoms with E-state index in [1.54, 1.807) is 0 Å². The number of pyridine rings is 1. The number of hydrogen-bond donors (Lipinski definition) is 1. The maximum absolute atomic E-state index is 12.2. The van der Waals surface area contributed by atoms with E-state index in [9.17, 15) is 8.78 Å². The van der Waals surface area contributed by atoms with Crippen LogP contribution in [-0.4, -0.2) is 12.1 Å². The van der Waals surface area contributed by atoms with Crippen LogP contribution in [0.25, 0.3) is 0 Å². The summed E-state index contributed by atoms with van der Waals surface area (Å²) in [7, 11) is 1.35. The molecule has 1 aromatic heterocycles. The summed E-state index contributed by atoms with van der Waals surface area (Å²) in [6, 6.07) is 1.12. The van der Waals surface area contributed by atoms with Gasteiger partial charge in [0.1, 0.15) is 0 Å². The lowest BCUT2D eigenvalue weighted by Gasteiger charge is -2.05. The highest BCUT2D eigenvalue weighted by Gasteiger charge is 2.12.